The number of pyridine rings is 1. The Hall–Kier alpha value is -1.99. The Morgan fingerprint density at radius 3 is 2.47 bits per heavy atom. The number of aromatic nitrogens is 1. The number of aryl methyl sites for hydroxylation is 1. The number of aliphatic hydroxyl groups is 2. The summed E-state index contributed by atoms with van der Waals surface area (Å²) in [6.45, 7) is 2.94. The van der Waals surface area contributed by atoms with Gasteiger partial charge in [-0.05, 0) is 13.0 Å². The number of aliphatic hydroxyl groups excluding tert-OH is 2. The fourth-order valence-electron chi connectivity index (χ4n) is 1.55. The van der Waals surface area contributed by atoms with E-state index in [2.05, 4.69) is 15.0 Å². The van der Waals surface area contributed by atoms with Gasteiger partial charge in [-0.2, -0.15) is 0 Å². The van der Waals surface area contributed by atoms with Crippen molar-refractivity contribution < 1.29 is 24.5 Å². The van der Waals surface area contributed by atoms with Gasteiger partial charge in [0.2, 0.25) is 5.91 Å². The Labute approximate surface area is 110 Å². The number of hydrogen-bond donors (Lipinski definition) is 3. The number of methoxy groups -OCH3 is 1. The Morgan fingerprint density at radius 1 is 1.37 bits per heavy atom. The maximum Gasteiger partial charge on any atom is 0.337 e. The molecule has 7 nitrogen and oxygen atoms in total. The highest BCUT2D eigenvalue weighted by Gasteiger charge is 2.28. The normalized spacial score (nSPS) is 13.5. The van der Waals surface area contributed by atoms with Gasteiger partial charge in [-0.3, -0.25) is 4.79 Å². The summed E-state index contributed by atoms with van der Waals surface area (Å²) < 4.78 is 4.34. The fourth-order valence-corrected chi connectivity index (χ4v) is 1.55. The van der Waals surface area contributed by atoms with E-state index in [0.717, 1.165) is 7.11 Å². The van der Waals surface area contributed by atoms with Gasteiger partial charge in [0.1, 0.15) is 11.9 Å². The second-order valence-corrected chi connectivity index (χ2v) is 3.97. The van der Waals surface area contributed by atoms with Gasteiger partial charge in [0, 0.05) is 18.2 Å². The summed E-state index contributed by atoms with van der Waals surface area (Å²) in [6.07, 6.45) is -3.12. The molecule has 3 N–H and O–H groups in total. The average Bonchev–Trinajstić information content (AvgIpc) is 2.35. The number of rotatable bonds is 4. The van der Waals surface area contributed by atoms with Gasteiger partial charge in [-0.25, -0.2) is 9.78 Å². The van der Waals surface area contributed by atoms with Crippen LogP contribution in [0, 0.1) is 6.92 Å². The third kappa shape index (κ3) is 3.73. The quantitative estimate of drug-likeness (QED) is 0.659. The zero-order valence-electron chi connectivity index (χ0n) is 10.9. The molecule has 0 fully saturated rings. The predicted molar refractivity (Wildman–Crippen MR) is 66.3 cm³/mol. The minimum Gasteiger partial charge on any atom is -0.467 e. The van der Waals surface area contributed by atoms with Crippen molar-refractivity contribution in [1.82, 2.24) is 4.98 Å². The molecule has 1 rings (SSSR count). The second-order valence-electron chi connectivity index (χ2n) is 3.97. The molecule has 104 valence electrons. The number of ether oxygens (including phenoxy) is 1. The molecular weight excluding hydrogens is 252 g/mol. The molecule has 0 saturated carbocycles. The molecule has 0 radical (unpaired) electrons. The van der Waals surface area contributed by atoms with E-state index >= 15 is 0 Å². The summed E-state index contributed by atoms with van der Waals surface area (Å²) in [7, 11) is 1.11. The number of nitrogens with zero attached hydrogens (tertiary/aromatic N) is 1. The zero-order valence-corrected chi connectivity index (χ0v) is 10.9. The lowest BCUT2D eigenvalue weighted by Gasteiger charge is -2.18. The first-order valence-electron chi connectivity index (χ1n) is 5.56. The summed E-state index contributed by atoms with van der Waals surface area (Å²) in [5.74, 6) is -0.874. The van der Waals surface area contributed by atoms with Crippen molar-refractivity contribution >= 4 is 17.7 Å². The first-order chi connectivity index (χ1) is 8.86. The fraction of sp³-hybridized carbons (Fsp3) is 0.417. The van der Waals surface area contributed by atoms with Gasteiger partial charge in [0.25, 0.3) is 0 Å². The summed E-state index contributed by atoms with van der Waals surface area (Å²) in [6, 6.07) is 2.95. The number of carbonyl (C=O) groups excluding carboxylic acids is 2. The van der Waals surface area contributed by atoms with E-state index in [-0.39, 0.29) is 11.5 Å². The largest absolute Gasteiger partial charge is 0.467 e. The Balaban J connectivity index is 2.95. The third-order valence-corrected chi connectivity index (χ3v) is 2.49. The van der Waals surface area contributed by atoms with Gasteiger partial charge in [-0.15, -0.1) is 0 Å². The van der Waals surface area contributed by atoms with Crippen LogP contribution in [0.5, 0.6) is 0 Å². The number of nitrogens with one attached hydrogen (secondary N) is 1. The van der Waals surface area contributed by atoms with Crippen molar-refractivity contribution in [2.45, 2.75) is 26.1 Å². The van der Waals surface area contributed by atoms with Crippen LogP contribution in [0.25, 0.3) is 0 Å². The minimum absolute atomic E-state index is 0.269. The second kappa shape index (κ2) is 6.26. The van der Waals surface area contributed by atoms with Gasteiger partial charge in [0.05, 0.1) is 7.11 Å². The van der Waals surface area contributed by atoms with Crippen LogP contribution in [0.2, 0.25) is 0 Å². The molecule has 19 heavy (non-hydrogen) atoms. The topological polar surface area (TPSA) is 109 Å². The van der Waals surface area contributed by atoms with E-state index in [1.54, 1.807) is 6.92 Å². The van der Waals surface area contributed by atoms with Crippen molar-refractivity contribution in [2.75, 3.05) is 12.4 Å². The van der Waals surface area contributed by atoms with E-state index in [1.807, 2.05) is 0 Å². The maximum absolute atomic E-state index is 11.1. The molecule has 2 unspecified atom stereocenters. The lowest BCUT2D eigenvalue weighted by Crippen LogP contribution is -2.29. The van der Waals surface area contributed by atoms with Crippen molar-refractivity contribution in [3.8, 4) is 0 Å². The molecule has 0 spiro atoms. The highest BCUT2D eigenvalue weighted by Crippen LogP contribution is 2.22. The number of hydrogen-bond acceptors (Lipinski definition) is 6. The first kappa shape index (κ1) is 15.1. The van der Waals surface area contributed by atoms with E-state index in [1.165, 1.54) is 19.1 Å². The van der Waals surface area contributed by atoms with Crippen molar-refractivity contribution in [1.29, 1.82) is 0 Å². The monoisotopic (exact) mass is 268 g/mol. The van der Waals surface area contributed by atoms with E-state index in [9.17, 15) is 19.8 Å². The first-order valence-corrected chi connectivity index (χ1v) is 5.56. The Kier molecular flexibility index (Phi) is 4.96. The molecule has 1 aromatic heterocycles. The molecule has 1 amide bonds. The molecule has 0 saturated heterocycles. The lowest BCUT2D eigenvalue weighted by atomic mass is 10.0. The molecule has 0 aromatic carbocycles. The molecule has 0 bridgehead atoms. The molecule has 0 aliphatic carbocycles. The third-order valence-electron chi connectivity index (χ3n) is 2.49. The molecule has 0 aliphatic heterocycles. The van der Waals surface area contributed by atoms with E-state index in [0.29, 0.717) is 11.5 Å². The van der Waals surface area contributed by atoms with Gasteiger partial charge < -0.3 is 20.3 Å². The van der Waals surface area contributed by atoms with Gasteiger partial charge in [0.15, 0.2) is 6.10 Å². The minimum atomic E-state index is -1.68. The van der Waals surface area contributed by atoms with Crippen LogP contribution < -0.4 is 5.32 Å². The van der Waals surface area contributed by atoms with Crippen LogP contribution in [-0.4, -0.2) is 40.3 Å². The smallest absolute Gasteiger partial charge is 0.337 e. The van der Waals surface area contributed by atoms with Crippen LogP contribution in [-0.2, 0) is 14.3 Å². The molecule has 0 aliphatic rings. The van der Waals surface area contributed by atoms with Crippen LogP contribution in [0.15, 0.2) is 12.1 Å². The Morgan fingerprint density at radius 2 is 2.00 bits per heavy atom. The molecule has 2 atom stereocenters. The molecular formula is C12H16N2O5. The highest BCUT2D eigenvalue weighted by molar-refractivity contribution is 5.87. The average molecular weight is 268 g/mol. The van der Waals surface area contributed by atoms with Crippen molar-refractivity contribution in [3.05, 3.63) is 23.4 Å². The van der Waals surface area contributed by atoms with Crippen LogP contribution in [0.4, 0.5) is 5.82 Å². The summed E-state index contributed by atoms with van der Waals surface area (Å²) in [5.41, 5.74) is 0.675. The number of carbonyl (C=O) groups is 2. The number of amides is 1. The van der Waals surface area contributed by atoms with Crippen molar-refractivity contribution in [2.24, 2.45) is 0 Å². The van der Waals surface area contributed by atoms with Gasteiger partial charge in [-0.1, -0.05) is 6.07 Å². The van der Waals surface area contributed by atoms with Crippen LogP contribution >= 0.6 is 0 Å². The standard InChI is InChI=1S/C12H16N2O5/c1-6-8(10(16)11(17)12(18)19-3)4-5-9(13-6)14-7(2)15/h4-5,10-11,16-17H,1-3H3,(H,13,14,15). The van der Waals surface area contributed by atoms with Crippen LogP contribution in [0.1, 0.15) is 24.3 Å². The highest BCUT2D eigenvalue weighted by atomic mass is 16.5. The molecule has 1 heterocycles. The number of anilines is 1. The maximum atomic E-state index is 11.1. The molecule has 7 heteroatoms. The summed E-state index contributed by atoms with van der Waals surface area (Å²) in [4.78, 5) is 26.1. The summed E-state index contributed by atoms with van der Waals surface area (Å²) >= 11 is 0. The lowest BCUT2D eigenvalue weighted by molar-refractivity contribution is -0.156. The molecule has 1 aromatic rings. The number of esters is 1. The van der Waals surface area contributed by atoms with Gasteiger partial charge >= 0.3 is 5.97 Å². The zero-order chi connectivity index (χ0) is 14.6. The van der Waals surface area contributed by atoms with Crippen LogP contribution in [0.3, 0.4) is 0 Å². The van der Waals surface area contributed by atoms with Crippen molar-refractivity contribution in [3.63, 3.8) is 0 Å². The van der Waals surface area contributed by atoms with E-state index in [4.69, 9.17) is 0 Å². The Bertz CT molecular complexity index is 489. The van der Waals surface area contributed by atoms with E-state index < -0.39 is 18.2 Å². The predicted octanol–water partition coefficient (Wildman–Crippen LogP) is -0.0843. The summed E-state index contributed by atoms with van der Waals surface area (Å²) in [5, 5.41) is 21.9. The SMILES string of the molecule is COC(=O)C(O)C(O)c1ccc(NC(C)=O)nc1C.